The zero-order chi connectivity index (χ0) is 23.5. The van der Waals surface area contributed by atoms with Crippen LogP contribution in [-0.4, -0.2) is 36.1 Å². The first-order chi connectivity index (χ1) is 15.8. The number of hydrogen-bond acceptors (Lipinski definition) is 7. The van der Waals surface area contributed by atoms with Gasteiger partial charge in [-0.3, -0.25) is 9.69 Å². The lowest BCUT2D eigenvalue weighted by molar-refractivity contribution is -0.0515. The van der Waals surface area contributed by atoms with Gasteiger partial charge in [-0.2, -0.15) is 8.78 Å². The van der Waals surface area contributed by atoms with Gasteiger partial charge in [-0.25, -0.2) is 9.97 Å². The van der Waals surface area contributed by atoms with Gasteiger partial charge in [0.25, 0.3) is 5.91 Å². The van der Waals surface area contributed by atoms with Crippen molar-refractivity contribution in [3.8, 4) is 23.0 Å². The molecule has 3 aromatic rings. The van der Waals surface area contributed by atoms with E-state index in [4.69, 9.17) is 14.9 Å². The molecule has 0 unspecified atom stereocenters. The van der Waals surface area contributed by atoms with Gasteiger partial charge < -0.3 is 19.6 Å². The quantitative estimate of drug-likeness (QED) is 0.506. The van der Waals surface area contributed by atoms with Gasteiger partial charge >= 0.3 is 6.61 Å². The number of pyridine rings is 1. The summed E-state index contributed by atoms with van der Waals surface area (Å²) in [5, 5.41) is 0. The van der Waals surface area contributed by atoms with Crippen LogP contribution in [0.3, 0.4) is 0 Å². The number of benzene rings is 1. The summed E-state index contributed by atoms with van der Waals surface area (Å²) >= 11 is 0. The lowest BCUT2D eigenvalue weighted by Gasteiger charge is -2.15. The highest BCUT2D eigenvalue weighted by atomic mass is 19.3. The van der Waals surface area contributed by atoms with E-state index in [-0.39, 0.29) is 28.8 Å². The Hall–Kier alpha value is -3.53. The first-order valence-electron chi connectivity index (χ1n) is 10.5. The van der Waals surface area contributed by atoms with E-state index in [1.165, 1.54) is 23.1 Å². The van der Waals surface area contributed by atoms with Crippen molar-refractivity contribution < 1.29 is 27.5 Å². The van der Waals surface area contributed by atoms with Crippen LogP contribution in [0.4, 0.5) is 14.6 Å². The van der Waals surface area contributed by atoms with Crippen LogP contribution in [0.1, 0.15) is 42.1 Å². The zero-order valence-corrected chi connectivity index (χ0v) is 18.2. The van der Waals surface area contributed by atoms with Crippen molar-refractivity contribution in [1.82, 2.24) is 9.97 Å². The van der Waals surface area contributed by atoms with Crippen LogP contribution in [0, 0.1) is 5.92 Å². The average molecular weight is 458 g/mol. The number of ether oxygens (including phenoxy) is 2. The summed E-state index contributed by atoms with van der Waals surface area (Å²) < 4.78 is 41.8. The maximum absolute atomic E-state index is 13.1. The van der Waals surface area contributed by atoms with Gasteiger partial charge in [0, 0.05) is 18.8 Å². The molecule has 1 aliphatic carbocycles. The van der Waals surface area contributed by atoms with Crippen LogP contribution in [0.15, 0.2) is 47.0 Å². The second-order valence-electron chi connectivity index (χ2n) is 7.87. The fourth-order valence-electron chi connectivity index (χ4n) is 3.17. The maximum Gasteiger partial charge on any atom is 0.387 e. The summed E-state index contributed by atoms with van der Waals surface area (Å²) in [4.78, 5) is 23.0. The maximum atomic E-state index is 13.1. The first-order valence-corrected chi connectivity index (χ1v) is 10.5. The third-order valence-electron chi connectivity index (χ3n) is 5.15. The van der Waals surface area contributed by atoms with E-state index in [2.05, 4.69) is 14.7 Å². The number of carbonyl (C=O) groups excluding carboxylic acids is 1. The number of nitrogens with two attached hydrogens (primary N) is 1. The lowest BCUT2D eigenvalue weighted by atomic mass is 10.2. The zero-order valence-electron chi connectivity index (χ0n) is 18.2. The molecule has 2 N–H and O–H groups in total. The number of carbonyl (C=O) groups is 1. The standard InChI is InChI=1S/C23H24F2N4O4/c1-13(26)20-19(22(30)29(2)18-5-3-4-10-27-18)28-21(33-20)15-8-9-16(32-23(24)25)17(11-15)31-12-14-6-7-14/h3-5,8-11,13-14,23H,6-7,12,26H2,1-2H3/t13-/m0/s1. The topological polar surface area (TPSA) is 104 Å². The second-order valence-corrected chi connectivity index (χ2v) is 7.87. The number of anilines is 1. The smallest absolute Gasteiger partial charge is 0.387 e. The number of halogens is 2. The van der Waals surface area contributed by atoms with Gasteiger partial charge in [0.2, 0.25) is 5.89 Å². The molecule has 10 heteroatoms. The Bertz CT molecular complexity index is 1120. The minimum atomic E-state index is -2.99. The van der Waals surface area contributed by atoms with Gasteiger partial charge in [-0.15, -0.1) is 0 Å². The third-order valence-corrected chi connectivity index (χ3v) is 5.15. The Morgan fingerprint density at radius 3 is 2.70 bits per heavy atom. The van der Waals surface area contributed by atoms with Crippen molar-refractivity contribution in [1.29, 1.82) is 0 Å². The highest BCUT2D eigenvalue weighted by molar-refractivity contribution is 6.04. The Balaban J connectivity index is 1.67. The molecule has 0 bridgehead atoms. The number of hydrogen-bond donors (Lipinski definition) is 1. The largest absolute Gasteiger partial charge is 0.489 e. The van der Waals surface area contributed by atoms with Gasteiger partial charge in [0.1, 0.15) is 5.82 Å². The molecule has 2 aromatic heterocycles. The number of nitrogens with zero attached hydrogens (tertiary/aromatic N) is 3. The highest BCUT2D eigenvalue weighted by Gasteiger charge is 2.28. The van der Waals surface area contributed by atoms with E-state index in [0.717, 1.165) is 12.8 Å². The molecule has 1 amide bonds. The Morgan fingerprint density at radius 1 is 1.27 bits per heavy atom. The number of rotatable bonds is 9. The summed E-state index contributed by atoms with van der Waals surface area (Å²) in [5.41, 5.74) is 6.51. The molecule has 0 saturated heterocycles. The monoisotopic (exact) mass is 458 g/mol. The van der Waals surface area contributed by atoms with E-state index >= 15 is 0 Å². The number of alkyl halides is 2. The van der Waals surface area contributed by atoms with Crippen LogP contribution in [-0.2, 0) is 0 Å². The molecule has 8 nitrogen and oxygen atoms in total. The summed E-state index contributed by atoms with van der Waals surface area (Å²) in [7, 11) is 1.57. The van der Waals surface area contributed by atoms with Gasteiger partial charge in [-0.05, 0) is 56.0 Å². The molecule has 0 radical (unpaired) electrons. The Morgan fingerprint density at radius 2 is 2.06 bits per heavy atom. The van der Waals surface area contributed by atoms with Crippen molar-refractivity contribution in [2.75, 3.05) is 18.6 Å². The molecule has 0 spiro atoms. The van der Waals surface area contributed by atoms with Gasteiger partial charge in [0.05, 0.1) is 12.6 Å². The summed E-state index contributed by atoms with van der Waals surface area (Å²) in [6.07, 6.45) is 3.65. The molecule has 33 heavy (non-hydrogen) atoms. The summed E-state index contributed by atoms with van der Waals surface area (Å²) in [6.45, 7) is -0.916. The fraction of sp³-hybridized carbons (Fsp3) is 0.348. The van der Waals surface area contributed by atoms with Crippen LogP contribution in [0.5, 0.6) is 11.5 Å². The molecule has 174 valence electrons. The van der Waals surface area contributed by atoms with Crippen molar-refractivity contribution in [2.45, 2.75) is 32.4 Å². The van der Waals surface area contributed by atoms with Gasteiger partial charge in [-0.1, -0.05) is 6.07 Å². The molecule has 1 saturated carbocycles. The minimum Gasteiger partial charge on any atom is -0.489 e. The normalized spacial score (nSPS) is 14.2. The van der Waals surface area contributed by atoms with Crippen molar-refractivity contribution in [3.63, 3.8) is 0 Å². The molecule has 1 atom stereocenters. The fourth-order valence-corrected chi connectivity index (χ4v) is 3.17. The molecular formula is C23H24F2N4O4. The predicted molar refractivity (Wildman–Crippen MR) is 116 cm³/mol. The van der Waals surface area contributed by atoms with Crippen molar-refractivity contribution >= 4 is 11.7 Å². The SMILES string of the molecule is C[C@H](N)c1oc(-c2ccc(OC(F)F)c(OCC3CC3)c2)nc1C(=O)N(C)c1ccccn1. The number of aromatic nitrogens is 2. The van der Waals surface area contributed by atoms with Crippen LogP contribution in [0.2, 0.25) is 0 Å². The van der Waals surface area contributed by atoms with E-state index < -0.39 is 18.6 Å². The van der Waals surface area contributed by atoms with E-state index in [1.807, 2.05) is 0 Å². The van der Waals surface area contributed by atoms with Gasteiger partial charge in [0.15, 0.2) is 23.0 Å². The molecule has 1 fully saturated rings. The molecule has 1 aromatic carbocycles. The number of amides is 1. The van der Waals surface area contributed by atoms with E-state index in [1.54, 1.807) is 38.4 Å². The highest BCUT2D eigenvalue weighted by Crippen LogP contribution is 2.37. The average Bonchev–Trinajstić information content (AvgIpc) is 3.52. The minimum absolute atomic E-state index is 0.0431. The van der Waals surface area contributed by atoms with Crippen molar-refractivity contribution in [3.05, 3.63) is 54.0 Å². The lowest BCUT2D eigenvalue weighted by Crippen LogP contribution is -2.29. The molecular weight excluding hydrogens is 434 g/mol. The molecule has 1 aliphatic rings. The van der Waals surface area contributed by atoms with Crippen LogP contribution < -0.4 is 20.1 Å². The summed E-state index contributed by atoms with van der Waals surface area (Å²) in [5.74, 6) is 0.779. The number of oxazole rings is 1. The second kappa shape index (κ2) is 9.53. The van der Waals surface area contributed by atoms with E-state index in [0.29, 0.717) is 23.9 Å². The van der Waals surface area contributed by atoms with Crippen LogP contribution in [0.25, 0.3) is 11.5 Å². The Kier molecular flexibility index (Phi) is 6.55. The van der Waals surface area contributed by atoms with Crippen molar-refractivity contribution in [2.24, 2.45) is 11.7 Å². The third kappa shape index (κ3) is 5.28. The molecule has 0 aliphatic heterocycles. The Labute approximate surface area is 189 Å². The first kappa shape index (κ1) is 22.7. The van der Waals surface area contributed by atoms with E-state index in [9.17, 15) is 13.6 Å². The molecule has 4 rings (SSSR count). The summed E-state index contributed by atoms with van der Waals surface area (Å²) in [6, 6.07) is 8.96. The van der Waals surface area contributed by atoms with Crippen LogP contribution >= 0.6 is 0 Å². The predicted octanol–water partition coefficient (Wildman–Crippen LogP) is 4.42. The molecule has 2 heterocycles.